The van der Waals surface area contributed by atoms with Crippen molar-refractivity contribution in [3.8, 4) is 0 Å². The summed E-state index contributed by atoms with van der Waals surface area (Å²) in [7, 11) is -3.71. The van der Waals surface area contributed by atoms with E-state index in [9.17, 15) is 13.2 Å². The van der Waals surface area contributed by atoms with Crippen LogP contribution < -0.4 is 10.0 Å². The lowest BCUT2D eigenvalue weighted by Gasteiger charge is -2.19. The number of carbonyl (C=O) groups excluding carboxylic acids is 1. The molecule has 1 heterocycles. The van der Waals surface area contributed by atoms with Crippen LogP contribution in [0.25, 0.3) is 0 Å². The minimum absolute atomic E-state index is 0.0295. The SMILES string of the molecule is CC(C)(C)c1ccc(NC(=O)c2cccc(S(=O)(=O)NCC3CCCO3)c2)cc1. The number of anilines is 1. The zero-order valence-corrected chi connectivity index (χ0v) is 17.9. The number of hydrogen-bond donors (Lipinski definition) is 2. The zero-order chi connectivity index (χ0) is 21.1. The van der Waals surface area contributed by atoms with Crippen molar-refractivity contribution in [3.05, 3.63) is 59.7 Å². The topological polar surface area (TPSA) is 84.5 Å². The third kappa shape index (κ3) is 5.65. The van der Waals surface area contributed by atoms with Crippen molar-refractivity contribution >= 4 is 21.6 Å². The Labute approximate surface area is 172 Å². The van der Waals surface area contributed by atoms with Gasteiger partial charge in [-0.2, -0.15) is 0 Å². The van der Waals surface area contributed by atoms with E-state index in [2.05, 4.69) is 30.8 Å². The molecule has 0 saturated carbocycles. The summed E-state index contributed by atoms with van der Waals surface area (Å²) < 4.78 is 33.1. The molecule has 1 unspecified atom stereocenters. The molecule has 1 aliphatic rings. The Balaban J connectivity index is 1.68. The second-order valence-electron chi connectivity index (χ2n) is 8.30. The molecule has 2 N–H and O–H groups in total. The summed E-state index contributed by atoms with van der Waals surface area (Å²) in [6.45, 7) is 7.27. The maximum atomic E-state index is 12.6. The van der Waals surface area contributed by atoms with E-state index in [1.54, 1.807) is 12.1 Å². The Hall–Kier alpha value is -2.22. The Morgan fingerprint density at radius 3 is 2.48 bits per heavy atom. The zero-order valence-electron chi connectivity index (χ0n) is 17.1. The monoisotopic (exact) mass is 416 g/mol. The molecule has 6 nitrogen and oxygen atoms in total. The maximum absolute atomic E-state index is 12.6. The van der Waals surface area contributed by atoms with Gasteiger partial charge in [-0.1, -0.05) is 39.0 Å². The molecule has 0 spiro atoms. The predicted octanol–water partition coefficient (Wildman–Crippen LogP) is 3.69. The number of benzene rings is 2. The van der Waals surface area contributed by atoms with E-state index in [0.717, 1.165) is 12.8 Å². The standard InChI is InChI=1S/C22H28N2O4S/c1-22(2,3)17-9-11-18(12-10-17)24-21(25)16-6-4-8-20(14-16)29(26,27)23-15-19-7-5-13-28-19/h4,6,8-12,14,19,23H,5,7,13,15H2,1-3H3,(H,24,25). The number of sulfonamides is 1. The highest BCUT2D eigenvalue weighted by molar-refractivity contribution is 7.89. The lowest BCUT2D eigenvalue weighted by molar-refractivity contribution is 0.102. The maximum Gasteiger partial charge on any atom is 0.255 e. The van der Waals surface area contributed by atoms with Crippen molar-refractivity contribution in [1.29, 1.82) is 0 Å². The molecule has 2 aromatic carbocycles. The molecule has 29 heavy (non-hydrogen) atoms. The highest BCUT2D eigenvalue weighted by Crippen LogP contribution is 2.24. The number of amides is 1. The number of ether oxygens (including phenoxy) is 1. The molecule has 7 heteroatoms. The molecule has 1 atom stereocenters. The highest BCUT2D eigenvalue weighted by Gasteiger charge is 2.21. The van der Waals surface area contributed by atoms with Crippen molar-refractivity contribution in [2.75, 3.05) is 18.5 Å². The van der Waals surface area contributed by atoms with Crippen LogP contribution >= 0.6 is 0 Å². The number of carbonyl (C=O) groups is 1. The van der Waals surface area contributed by atoms with Crippen molar-refractivity contribution in [1.82, 2.24) is 4.72 Å². The summed E-state index contributed by atoms with van der Waals surface area (Å²) in [6, 6.07) is 13.7. The first-order valence-corrected chi connectivity index (χ1v) is 11.3. The van der Waals surface area contributed by atoms with Gasteiger partial charge in [-0.05, 0) is 54.2 Å². The fourth-order valence-electron chi connectivity index (χ4n) is 3.15. The quantitative estimate of drug-likeness (QED) is 0.752. The highest BCUT2D eigenvalue weighted by atomic mass is 32.2. The van der Waals surface area contributed by atoms with Gasteiger partial charge >= 0.3 is 0 Å². The van der Waals surface area contributed by atoms with E-state index >= 15 is 0 Å². The molecule has 0 bridgehead atoms. The molecule has 1 amide bonds. The lowest BCUT2D eigenvalue weighted by Crippen LogP contribution is -2.32. The number of nitrogens with one attached hydrogen (secondary N) is 2. The van der Waals surface area contributed by atoms with E-state index in [0.29, 0.717) is 12.3 Å². The molecule has 2 aromatic rings. The normalized spacial score (nSPS) is 17.3. The molecule has 3 rings (SSSR count). The van der Waals surface area contributed by atoms with Gasteiger partial charge in [0.1, 0.15) is 0 Å². The Bertz CT molecular complexity index is 957. The first-order valence-electron chi connectivity index (χ1n) is 9.78. The van der Waals surface area contributed by atoms with E-state index in [1.165, 1.54) is 17.7 Å². The smallest absolute Gasteiger partial charge is 0.255 e. The minimum atomic E-state index is -3.71. The van der Waals surface area contributed by atoms with Crippen molar-refractivity contribution in [2.24, 2.45) is 0 Å². The van der Waals surface area contributed by atoms with Gasteiger partial charge in [-0.15, -0.1) is 0 Å². The van der Waals surface area contributed by atoms with Crippen LogP contribution in [0.2, 0.25) is 0 Å². The van der Waals surface area contributed by atoms with Crippen LogP contribution in [0.1, 0.15) is 49.5 Å². The van der Waals surface area contributed by atoms with E-state index < -0.39 is 10.0 Å². The molecule has 1 fully saturated rings. The summed E-state index contributed by atoms with van der Waals surface area (Å²) in [6.07, 6.45) is 1.70. The first-order chi connectivity index (χ1) is 13.6. The van der Waals surface area contributed by atoms with Gasteiger partial charge < -0.3 is 10.1 Å². The van der Waals surface area contributed by atoms with E-state index in [-0.39, 0.29) is 34.4 Å². The second kappa shape index (κ2) is 8.65. The van der Waals surface area contributed by atoms with Crippen LogP contribution in [-0.2, 0) is 20.2 Å². The Morgan fingerprint density at radius 1 is 1.14 bits per heavy atom. The summed E-state index contributed by atoms with van der Waals surface area (Å²) in [4.78, 5) is 12.7. The first kappa shape index (κ1) is 21.5. The van der Waals surface area contributed by atoms with Gasteiger partial charge in [0, 0.05) is 24.4 Å². The molecule has 0 radical (unpaired) electrons. The second-order valence-corrected chi connectivity index (χ2v) is 10.1. The van der Waals surface area contributed by atoms with Gasteiger partial charge in [0.15, 0.2) is 0 Å². The van der Waals surface area contributed by atoms with Crippen LogP contribution in [-0.4, -0.2) is 33.6 Å². The summed E-state index contributed by atoms with van der Waals surface area (Å²) >= 11 is 0. The van der Waals surface area contributed by atoms with Gasteiger partial charge in [0.05, 0.1) is 11.0 Å². The predicted molar refractivity (Wildman–Crippen MR) is 114 cm³/mol. The largest absolute Gasteiger partial charge is 0.377 e. The van der Waals surface area contributed by atoms with Crippen molar-refractivity contribution < 1.29 is 17.9 Å². The van der Waals surface area contributed by atoms with Crippen LogP contribution in [0.15, 0.2) is 53.4 Å². The minimum Gasteiger partial charge on any atom is -0.377 e. The average Bonchev–Trinajstić information content (AvgIpc) is 3.20. The van der Waals surface area contributed by atoms with Crippen LogP contribution in [0.5, 0.6) is 0 Å². The number of hydrogen-bond acceptors (Lipinski definition) is 4. The molecule has 156 valence electrons. The number of rotatable bonds is 6. The summed E-state index contributed by atoms with van der Waals surface area (Å²) in [5.74, 6) is -0.357. The van der Waals surface area contributed by atoms with Crippen LogP contribution in [0, 0.1) is 0 Å². The summed E-state index contributed by atoms with van der Waals surface area (Å²) in [5, 5.41) is 2.82. The van der Waals surface area contributed by atoms with Gasteiger partial charge in [0.2, 0.25) is 10.0 Å². The molecular weight excluding hydrogens is 388 g/mol. The van der Waals surface area contributed by atoms with Crippen LogP contribution in [0.3, 0.4) is 0 Å². The molecular formula is C22H28N2O4S. The Morgan fingerprint density at radius 2 is 1.86 bits per heavy atom. The molecule has 0 aliphatic carbocycles. The molecule has 0 aromatic heterocycles. The van der Waals surface area contributed by atoms with Crippen molar-refractivity contribution in [3.63, 3.8) is 0 Å². The third-order valence-corrected chi connectivity index (χ3v) is 6.36. The van der Waals surface area contributed by atoms with Crippen molar-refractivity contribution in [2.45, 2.75) is 50.0 Å². The average molecular weight is 417 g/mol. The fourth-order valence-corrected chi connectivity index (χ4v) is 4.26. The van der Waals surface area contributed by atoms with E-state index in [4.69, 9.17) is 4.74 Å². The Kier molecular flexibility index (Phi) is 6.41. The van der Waals surface area contributed by atoms with Crippen LogP contribution in [0.4, 0.5) is 5.69 Å². The fraction of sp³-hybridized carbons (Fsp3) is 0.409. The van der Waals surface area contributed by atoms with Gasteiger partial charge in [0.25, 0.3) is 5.91 Å². The van der Waals surface area contributed by atoms with Gasteiger partial charge in [-0.3, -0.25) is 4.79 Å². The molecule has 1 aliphatic heterocycles. The summed E-state index contributed by atoms with van der Waals surface area (Å²) in [5.41, 5.74) is 2.14. The third-order valence-electron chi connectivity index (χ3n) is 4.94. The van der Waals surface area contributed by atoms with Gasteiger partial charge in [-0.25, -0.2) is 13.1 Å². The molecule has 1 saturated heterocycles. The lowest BCUT2D eigenvalue weighted by atomic mass is 9.87. The van der Waals surface area contributed by atoms with E-state index in [1.807, 2.05) is 24.3 Å².